The Morgan fingerprint density at radius 3 is 2.88 bits per heavy atom. The average Bonchev–Trinajstić information content (AvgIpc) is 3.12. The molecule has 130 valence electrons. The third-order valence-electron chi connectivity index (χ3n) is 3.79. The number of thiazole rings is 1. The third-order valence-corrected chi connectivity index (χ3v) is 4.67. The molecular formula is C19H20N2O3S. The number of carbonyl (C=O) groups is 1. The highest BCUT2D eigenvalue weighted by Gasteiger charge is 2.13. The molecule has 5 nitrogen and oxygen atoms in total. The molecule has 0 fully saturated rings. The van der Waals surface area contributed by atoms with Gasteiger partial charge in [0, 0.05) is 28.5 Å². The summed E-state index contributed by atoms with van der Waals surface area (Å²) in [6, 6.07) is 3.88. The Kier molecular flexibility index (Phi) is 4.90. The van der Waals surface area contributed by atoms with E-state index in [1.54, 1.807) is 12.3 Å². The molecule has 0 saturated carbocycles. The van der Waals surface area contributed by atoms with Crippen LogP contribution in [0.3, 0.4) is 0 Å². The van der Waals surface area contributed by atoms with Gasteiger partial charge in [0.1, 0.15) is 11.3 Å². The number of anilines is 1. The van der Waals surface area contributed by atoms with Crippen molar-refractivity contribution in [1.29, 1.82) is 0 Å². The number of allylic oxidation sites excluding steroid dienone is 1. The maximum Gasteiger partial charge on any atom is 0.250 e. The molecule has 3 rings (SSSR count). The molecule has 1 aromatic carbocycles. The van der Waals surface area contributed by atoms with Crippen LogP contribution in [0.2, 0.25) is 0 Å². The van der Waals surface area contributed by atoms with Crippen molar-refractivity contribution in [3.05, 3.63) is 46.7 Å². The number of benzene rings is 1. The average molecular weight is 356 g/mol. The molecule has 2 heterocycles. The van der Waals surface area contributed by atoms with Crippen molar-refractivity contribution >= 4 is 38.9 Å². The summed E-state index contributed by atoms with van der Waals surface area (Å²) in [5.41, 5.74) is 4.41. The predicted octanol–water partition coefficient (Wildman–Crippen LogP) is 4.95. The van der Waals surface area contributed by atoms with Gasteiger partial charge in [-0.3, -0.25) is 10.1 Å². The lowest BCUT2D eigenvalue weighted by molar-refractivity contribution is -0.111. The molecule has 0 aliphatic rings. The topological polar surface area (TPSA) is 64.4 Å². The first-order valence-corrected chi connectivity index (χ1v) is 8.92. The molecule has 0 aliphatic carbocycles. The number of ether oxygens (including phenoxy) is 1. The van der Waals surface area contributed by atoms with Gasteiger partial charge in [0.15, 0.2) is 5.13 Å². The van der Waals surface area contributed by atoms with Crippen molar-refractivity contribution in [2.45, 2.75) is 27.7 Å². The molecule has 0 radical (unpaired) electrons. The number of nitrogens with one attached hydrogen (secondary N) is 1. The van der Waals surface area contributed by atoms with Gasteiger partial charge in [0.05, 0.1) is 18.6 Å². The summed E-state index contributed by atoms with van der Waals surface area (Å²) < 4.78 is 11.3. The van der Waals surface area contributed by atoms with Crippen LogP contribution >= 0.6 is 11.3 Å². The maximum absolute atomic E-state index is 12.3. The normalized spacial score (nSPS) is 11.8. The van der Waals surface area contributed by atoms with E-state index in [1.807, 2.05) is 45.2 Å². The first-order valence-electron chi connectivity index (χ1n) is 8.04. The van der Waals surface area contributed by atoms with Gasteiger partial charge in [0.2, 0.25) is 5.91 Å². The van der Waals surface area contributed by atoms with Crippen molar-refractivity contribution in [1.82, 2.24) is 4.98 Å². The number of nitrogens with zero attached hydrogens (tertiary/aromatic N) is 1. The highest BCUT2D eigenvalue weighted by molar-refractivity contribution is 7.13. The molecule has 0 unspecified atom stereocenters. The first-order chi connectivity index (χ1) is 12.0. The largest absolute Gasteiger partial charge is 0.493 e. The van der Waals surface area contributed by atoms with Crippen LogP contribution in [0.5, 0.6) is 5.75 Å². The number of hydrogen-bond donors (Lipinski definition) is 1. The second kappa shape index (κ2) is 7.11. The molecule has 1 N–H and O–H groups in total. The van der Waals surface area contributed by atoms with Crippen molar-refractivity contribution in [3.8, 4) is 5.75 Å². The Morgan fingerprint density at radius 1 is 1.40 bits per heavy atom. The van der Waals surface area contributed by atoms with Crippen LogP contribution in [0.15, 0.2) is 34.3 Å². The highest BCUT2D eigenvalue weighted by atomic mass is 32.1. The number of carbonyl (C=O) groups excluding carboxylic acids is 1. The van der Waals surface area contributed by atoms with Gasteiger partial charge < -0.3 is 9.15 Å². The van der Waals surface area contributed by atoms with Crippen LogP contribution in [0.25, 0.3) is 16.5 Å². The van der Waals surface area contributed by atoms with Crippen molar-refractivity contribution < 1.29 is 13.9 Å². The zero-order valence-corrected chi connectivity index (χ0v) is 15.5. The SMILES string of the molecule is CCOc1cc2occ(C)c2cc1/C(C)=C/C(=O)Nc1nc(C)cs1. The van der Waals surface area contributed by atoms with E-state index in [-0.39, 0.29) is 5.91 Å². The minimum Gasteiger partial charge on any atom is -0.493 e. The van der Waals surface area contributed by atoms with E-state index in [2.05, 4.69) is 10.3 Å². The summed E-state index contributed by atoms with van der Waals surface area (Å²) in [6.45, 7) is 8.25. The smallest absolute Gasteiger partial charge is 0.250 e. The van der Waals surface area contributed by atoms with Crippen molar-refractivity contribution in [3.63, 3.8) is 0 Å². The van der Waals surface area contributed by atoms with Gasteiger partial charge in [-0.05, 0) is 44.9 Å². The Hall–Kier alpha value is -2.60. The fourth-order valence-electron chi connectivity index (χ4n) is 2.59. The van der Waals surface area contributed by atoms with Crippen LogP contribution in [0, 0.1) is 13.8 Å². The highest BCUT2D eigenvalue weighted by Crippen LogP contribution is 2.33. The minimum atomic E-state index is -0.210. The second-order valence-electron chi connectivity index (χ2n) is 5.81. The lowest BCUT2D eigenvalue weighted by Gasteiger charge is -2.11. The van der Waals surface area contributed by atoms with Gasteiger partial charge in [-0.25, -0.2) is 4.98 Å². The molecule has 0 spiro atoms. The number of aryl methyl sites for hydroxylation is 2. The van der Waals surface area contributed by atoms with Crippen molar-refractivity contribution in [2.24, 2.45) is 0 Å². The molecule has 2 aromatic heterocycles. The van der Waals surface area contributed by atoms with E-state index in [9.17, 15) is 4.79 Å². The molecule has 0 saturated heterocycles. The van der Waals surface area contributed by atoms with Gasteiger partial charge in [-0.2, -0.15) is 0 Å². The quantitative estimate of drug-likeness (QED) is 0.657. The number of fused-ring (bicyclic) bond motifs is 1. The fraction of sp³-hybridized carbons (Fsp3) is 0.263. The fourth-order valence-corrected chi connectivity index (χ4v) is 3.28. The molecule has 0 bridgehead atoms. The number of aromatic nitrogens is 1. The van der Waals surface area contributed by atoms with Crippen LogP contribution in [0.1, 0.15) is 30.7 Å². The summed E-state index contributed by atoms with van der Waals surface area (Å²) in [6.07, 6.45) is 3.29. The first kappa shape index (κ1) is 17.2. The molecule has 3 aromatic rings. The number of rotatable bonds is 5. The van der Waals surface area contributed by atoms with E-state index < -0.39 is 0 Å². The monoisotopic (exact) mass is 356 g/mol. The molecular weight excluding hydrogens is 336 g/mol. The Bertz CT molecular complexity index is 953. The second-order valence-corrected chi connectivity index (χ2v) is 6.66. The lowest BCUT2D eigenvalue weighted by Crippen LogP contribution is -2.08. The van der Waals surface area contributed by atoms with E-state index in [0.29, 0.717) is 17.5 Å². The molecule has 1 amide bonds. The van der Waals surface area contributed by atoms with E-state index >= 15 is 0 Å². The van der Waals surface area contributed by atoms with Gasteiger partial charge in [-0.15, -0.1) is 11.3 Å². The van der Waals surface area contributed by atoms with E-state index in [4.69, 9.17) is 9.15 Å². The zero-order chi connectivity index (χ0) is 18.0. The van der Waals surface area contributed by atoms with Crippen LogP contribution in [0.4, 0.5) is 5.13 Å². The third kappa shape index (κ3) is 3.74. The predicted molar refractivity (Wildman–Crippen MR) is 101 cm³/mol. The molecule has 25 heavy (non-hydrogen) atoms. The zero-order valence-electron chi connectivity index (χ0n) is 14.7. The molecule has 0 aliphatic heterocycles. The maximum atomic E-state index is 12.3. The minimum absolute atomic E-state index is 0.210. The summed E-state index contributed by atoms with van der Waals surface area (Å²) in [4.78, 5) is 16.5. The van der Waals surface area contributed by atoms with Gasteiger partial charge >= 0.3 is 0 Å². The molecule has 6 heteroatoms. The number of furan rings is 1. The van der Waals surface area contributed by atoms with Crippen LogP contribution in [-0.2, 0) is 4.79 Å². The van der Waals surface area contributed by atoms with Gasteiger partial charge in [-0.1, -0.05) is 0 Å². The van der Waals surface area contributed by atoms with Crippen molar-refractivity contribution in [2.75, 3.05) is 11.9 Å². The Morgan fingerprint density at radius 2 is 2.20 bits per heavy atom. The number of amides is 1. The van der Waals surface area contributed by atoms with Crippen LogP contribution < -0.4 is 10.1 Å². The molecule has 0 atom stereocenters. The van der Waals surface area contributed by atoms with Gasteiger partial charge in [0.25, 0.3) is 0 Å². The summed E-state index contributed by atoms with van der Waals surface area (Å²) in [5.74, 6) is 0.495. The lowest BCUT2D eigenvalue weighted by atomic mass is 10.0. The standard InChI is InChI=1S/C19H20N2O3S/c1-5-23-16-8-17-15(12(3)9-24-17)7-14(16)11(2)6-18(22)21-19-20-13(4)10-25-19/h6-10H,5H2,1-4H3,(H,20,21,22)/b11-6+. The number of hydrogen-bond acceptors (Lipinski definition) is 5. The summed E-state index contributed by atoms with van der Waals surface area (Å²) in [5, 5.41) is 6.30. The summed E-state index contributed by atoms with van der Waals surface area (Å²) in [7, 11) is 0. The van der Waals surface area contributed by atoms with Crippen LogP contribution in [-0.4, -0.2) is 17.5 Å². The van der Waals surface area contributed by atoms with E-state index in [1.165, 1.54) is 11.3 Å². The Labute approximate surface area is 150 Å². The summed E-state index contributed by atoms with van der Waals surface area (Å²) >= 11 is 1.41. The van der Waals surface area contributed by atoms with E-state index in [0.717, 1.165) is 33.4 Å². The Balaban J connectivity index is 1.93.